The SMILES string of the molecule is CC1CN(c2ncc(C#N)cc2F)Cc2ccccc2O1. The summed E-state index contributed by atoms with van der Waals surface area (Å²) in [5.41, 5.74) is 1.21. The van der Waals surface area contributed by atoms with Crippen molar-refractivity contribution < 1.29 is 9.13 Å². The summed E-state index contributed by atoms with van der Waals surface area (Å²) in [7, 11) is 0. The van der Waals surface area contributed by atoms with E-state index in [9.17, 15) is 4.39 Å². The largest absolute Gasteiger partial charge is 0.489 e. The maximum Gasteiger partial charge on any atom is 0.166 e. The molecule has 5 heteroatoms. The number of halogens is 1. The van der Waals surface area contributed by atoms with Crippen LogP contribution in [0.5, 0.6) is 5.75 Å². The molecule has 1 aromatic heterocycles. The van der Waals surface area contributed by atoms with Crippen molar-refractivity contribution in [3.63, 3.8) is 0 Å². The molecule has 0 amide bonds. The molecule has 0 N–H and O–H groups in total. The average Bonchev–Trinajstić information content (AvgIpc) is 2.64. The van der Waals surface area contributed by atoms with Crippen LogP contribution < -0.4 is 9.64 Å². The molecule has 21 heavy (non-hydrogen) atoms. The lowest BCUT2D eigenvalue weighted by Gasteiger charge is -2.23. The summed E-state index contributed by atoms with van der Waals surface area (Å²) in [6.45, 7) is 3.00. The van der Waals surface area contributed by atoms with Gasteiger partial charge in [0.1, 0.15) is 17.9 Å². The highest BCUT2D eigenvalue weighted by Gasteiger charge is 2.23. The number of fused-ring (bicyclic) bond motifs is 1. The molecule has 2 aromatic rings. The smallest absolute Gasteiger partial charge is 0.166 e. The minimum atomic E-state index is -0.486. The standard InChI is InChI=1S/C16H14FN3O/c1-11-9-20(10-13-4-2-3-5-15(13)21-11)16-14(17)6-12(7-18)8-19-16/h2-6,8,11H,9-10H2,1H3. The number of nitrogens with zero attached hydrogens (tertiary/aromatic N) is 3. The van der Waals surface area contributed by atoms with E-state index in [1.54, 1.807) is 0 Å². The Morgan fingerprint density at radius 1 is 1.43 bits per heavy atom. The van der Waals surface area contributed by atoms with Crippen molar-refractivity contribution in [3.8, 4) is 11.8 Å². The molecular formula is C16H14FN3O. The lowest BCUT2D eigenvalue weighted by molar-refractivity contribution is 0.232. The highest BCUT2D eigenvalue weighted by molar-refractivity contribution is 5.47. The summed E-state index contributed by atoms with van der Waals surface area (Å²) in [5, 5.41) is 8.79. The van der Waals surface area contributed by atoms with Crippen LogP contribution in [0.1, 0.15) is 18.1 Å². The predicted octanol–water partition coefficient (Wildman–Crippen LogP) is 2.88. The molecule has 0 fully saturated rings. The lowest BCUT2D eigenvalue weighted by atomic mass is 10.2. The number of para-hydroxylation sites is 1. The van der Waals surface area contributed by atoms with Crippen LogP contribution in [0.3, 0.4) is 0 Å². The van der Waals surface area contributed by atoms with Gasteiger partial charge in [-0.2, -0.15) is 5.26 Å². The molecule has 0 saturated carbocycles. The number of aromatic nitrogens is 1. The van der Waals surface area contributed by atoms with Crippen LogP contribution in [0.2, 0.25) is 0 Å². The summed E-state index contributed by atoms with van der Waals surface area (Å²) in [6, 6.07) is 10.8. The van der Waals surface area contributed by atoms with Crippen LogP contribution in [0.25, 0.3) is 0 Å². The topological polar surface area (TPSA) is 49.2 Å². The third-order valence-electron chi connectivity index (χ3n) is 3.39. The number of rotatable bonds is 1. The van der Waals surface area contributed by atoms with E-state index in [1.807, 2.05) is 42.2 Å². The quantitative estimate of drug-likeness (QED) is 0.807. The molecule has 1 unspecified atom stereocenters. The van der Waals surface area contributed by atoms with Crippen molar-refractivity contribution in [2.24, 2.45) is 0 Å². The molecule has 106 valence electrons. The van der Waals surface area contributed by atoms with E-state index in [2.05, 4.69) is 4.98 Å². The monoisotopic (exact) mass is 283 g/mol. The minimum absolute atomic E-state index is 0.0782. The van der Waals surface area contributed by atoms with Crippen LogP contribution in [0.4, 0.5) is 10.2 Å². The molecule has 2 heterocycles. The second kappa shape index (κ2) is 5.41. The van der Waals surface area contributed by atoms with Gasteiger partial charge in [-0.05, 0) is 19.1 Å². The Bertz CT molecular complexity index is 711. The fourth-order valence-electron chi connectivity index (χ4n) is 2.47. The van der Waals surface area contributed by atoms with Gasteiger partial charge < -0.3 is 9.64 Å². The summed E-state index contributed by atoms with van der Waals surface area (Å²) >= 11 is 0. The van der Waals surface area contributed by atoms with Crippen molar-refractivity contribution in [1.29, 1.82) is 5.26 Å². The first-order valence-electron chi connectivity index (χ1n) is 6.72. The fraction of sp³-hybridized carbons (Fsp3) is 0.250. The van der Waals surface area contributed by atoms with Gasteiger partial charge in [-0.3, -0.25) is 0 Å². The first-order chi connectivity index (χ1) is 10.2. The molecule has 1 atom stereocenters. The number of anilines is 1. The molecular weight excluding hydrogens is 269 g/mol. The molecule has 0 aliphatic carbocycles. The zero-order chi connectivity index (χ0) is 14.8. The zero-order valence-corrected chi connectivity index (χ0v) is 11.6. The first kappa shape index (κ1) is 13.4. The van der Waals surface area contributed by atoms with Gasteiger partial charge in [-0.25, -0.2) is 9.37 Å². The van der Waals surface area contributed by atoms with Gasteiger partial charge >= 0.3 is 0 Å². The molecule has 0 saturated heterocycles. The van der Waals surface area contributed by atoms with Crippen molar-refractivity contribution in [2.75, 3.05) is 11.4 Å². The van der Waals surface area contributed by atoms with Crippen LogP contribution in [-0.2, 0) is 6.54 Å². The van der Waals surface area contributed by atoms with E-state index in [1.165, 1.54) is 12.3 Å². The Morgan fingerprint density at radius 3 is 3.00 bits per heavy atom. The van der Waals surface area contributed by atoms with Gasteiger partial charge in [-0.1, -0.05) is 18.2 Å². The highest BCUT2D eigenvalue weighted by Crippen LogP contribution is 2.28. The molecule has 0 spiro atoms. The number of pyridine rings is 1. The third-order valence-corrected chi connectivity index (χ3v) is 3.39. The Labute approximate surface area is 122 Å². The van der Waals surface area contributed by atoms with Gasteiger partial charge in [-0.15, -0.1) is 0 Å². The van der Waals surface area contributed by atoms with Gasteiger partial charge in [0.15, 0.2) is 11.6 Å². The number of hydrogen-bond donors (Lipinski definition) is 0. The second-order valence-corrected chi connectivity index (χ2v) is 5.06. The summed E-state index contributed by atoms with van der Waals surface area (Å²) < 4.78 is 20.0. The number of benzene rings is 1. The van der Waals surface area contributed by atoms with E-state index >= 15 is 0 Å². The van der Waals surface area contributed by atoms with Crippen molar-refractivity contribution in [2.45, 2.75) is 19.6 Å². The Hall–Kier alpha value is -2.61. The van der Waals surface area contributed by atoms with Gasteiger partial charge in [0.25, 0.3) is 0 Å². The summed E-state index contributed by atoms with van der Waals surface area (Å²) in [4.78, 5) is 5.93. The molecule has 1 aliphatic rings. The van der Waals surface area contributed by atoms with Gasteiger partial charge in [0.2, 0.25) is 0 Å². The first-order valence-corrected chi connectivity index (χ1v) is 6.72. The van der Waals surface area contributed by atoms with Crippen molar-refractivity contribution >= 4 is 5.82 Å². The number of ether oxygens (including phenoxy) is 1. The zero-order valence-electron chi connectivity index (χ0n) is 11.6. The molecule has 4 nitrogen and oxygen atoms in total. The van der Waals surface area contributed by atoms with E-state index in [-0.39, 0.29) is 17.5 Å². The summed E-state index contributed by atoms with van der Waals surface area (Å²) in [5.74, 6) is 0.586. The number of hydrogen-bond acceptors (Lipinski definition) is 4. The van der Waals surface area contributed by atoms with Crippen LogP contribution in [0.15, 0.2) is 36.5 Å². The van der Waals surface area contributed by atoms with Crippen molar-refractivity contribution in [1.82, 2.24) is 4.98 Å². The molecule has 0 radical (unpaired) electrons. The Kier molecular flexibility index (Phi) is 3.44. The molecule has 0 bridgehead atoms. The Morgan fingerprint density at radius 2 is 2.24 bits per heavy atom. The lowest BCUT2D eigenvalue weighted by Crippen LogP contribution is -2.32. The van der Waals surface area contributed by atoms with E-state index < -0.39 is 5.82 Å². The van der Waals surface area contributed by atoms with Crippen molar-refractivity contribution in [3.05, 3.63) is 53.5 Å². The predicted molar refractivity (Wildman–Crippen MR) is 76.5 cm³/mol. The van der Waals surface area contributed by atoms with Crippen LogP contribution in [-0.4, -0.2) is 17.6 Å². The van der Waals surface area contributed by atoms with Gasteiger partial charge in [0, 0.05) is 18.3 Å². The average molecular weight is 283 g/mol. The fourth-order valence-corrected chi connectivity index (χ4v) is 2.47. The number of nitriles is 1. The van der Waals surface area contributed by atoms with Crippen LogP contribution in [0, 0.1) is 17.1 Å². The highest BCUT2D eigenvalue weighted by atomic mass is 19.1. The maximum atomic E-state index is 14.2. The van der Waals surface area contributed by atoms with E-state index in [0.717, 1.165) is 11.3 Å². The minimum Gasteiger partial charge on any atom is -0.489 e. The Balaban J connectivity index is 1.98. The third kappa shape index (κ3) is 2.65. The summed E-state index contributed by atoms with van der Waals surface area (Å²) in [6.07, 6.45) is 1.31. The molecule has 1 aliphatic heterocycles. The normalized spacial score (nSPS) is 17.4. The van der Waals surface area contributed by atoms with Gasteiger partial charge in [0.05, 0.1) is 12.1 Å². The second-order valence-electron chi connectivity index (χ2n) is 5.06. The van der Waals surface area contributed by atoms with E-state index in [0.29, 0.717) is 13.1 Å². The molecule has 3 rings (SSSR count). The molecule has 1 aromatic carbocycles. The van der Waals surface area contributed by atoms with Crippen LogP contribution >= 0.6 is 0 Å². The maximum absolute atomic E-state index is 14.2. The van der Waals surface area contributed by atoms with E-state index in [4.69, 9.17) is 10.00 Å².